The number of rotatable bonds is 4. The Morgan fingerprint density at radius 2 is 1.58 bits per heavy atom. The fourth-order valence-electron chi connectivity index (χ4n) is 11.8. The molecule has 0 heterocycles. The van der Waals surface area contributed by atoms with Crippen LogP contribution < -0.4 is 5.32 Å². The molecule has 5 aliphatic carbocycles. The zero-order valence-electron chi connectivity index (χ0n) is 27.7. The van der Waals surface area contributed by atoms with Crippen molar-refractivity contribution in [2.45, 2.75) is 125 Å². The van der Waals surface area contributed by atoms with Crippen LogP contribution in [0.25, 0.3) is 0 Å². The Morgan fingerprint density at radius 3 is 2.28 bits per heavy atom. The number of alkyl carbamates (subject to hydrolysis) is 1. The fraction of sp³-hybridized carbons (Fsp3) is 0.737. The van der Waals surface area contributed by atoms with Crippen molar-refractivity contribution >= 4 is 12.1 Å². The molecule has 0 spiro atoms. The molecular weight excluding hydrogens is 534 g/mol. The lowest BCUT2D eigenvalue weighted by Crippen LogP contribution is -2.65. The maximum absolute atomic E-state index is 12.9. The molecule has 1 aromatic rings. The van der Waals surface area contributed by atoms with Crippen molar-refractivity contribution in [2.75, 3.05) is 0 Å². The summed E-state index contributed by atoms with van der Waals surface area (Å²) in [6, 6.07) is 9.99. The zero-order chi connectivity index (χ0) is 31.1. The van der Waals surface area contributed by atoms with Gasteiger partial charge in [-0.15, -0.1) is 0 Å². The molecule has 5 nitrogen and oxygen atoms in total. The van der Waals surface area contributed by atoms with Gasteiger partial charge in [-0.3, -0.25) is 4.79 Å². The zero-order valence-corrected chi connectivity index (χ0v) is 27.7. The number of nitrogens with one attached hydrogen (secondary N) is 1. The van der Waals surface area contributed by atoms with Crippen molar-refractivity contribution in [1.82, 2.24) is 5.32 Å². The minimum absolute atomic E-state index is 0.0236. The van der Waals surface area contributed by atoms with E-state index in [1.165, 1.54) is 5.57 Å². The van der Waals surface area contributed by atoms with E-state index in [1.54, 1.807) is 0 Å². The number of carboxylic acids is 1. The summed E-state index contributed by atoms with van der Waals surface area (Å²) >= 11 is 0. The summed E-state index contributed by atoms with van der Waals surface area (Å²) in [5.74, 6) is 0.582. The van der Waals surface area contributed by atoms with E-state index in [4.69, 9.17) is 4.74 Å². The summed E-state index contributed by atoms with van der Waals surface area (Å²) in [5, 5.41) is 13.6. The second-order valence-corrected chi connectivity index (χ2v) is 17.3. The number of hydrogen-bond donors (Lipinski definition) is 2. The maximum Gasteiger partial charge on any atom is 0.407 e. The van der Waals surface area contributed by atoms with Crippen molar-refractivity contribution in [3.63, 3.8) is 0 Å². The third kappa shape index (κ3) is 4.52. The van der Waals surface area contributed by atoms with E-state index < -0.39 is 11.4 Å². The molecule has 4 fully saturated rings. The van der Waals surface area contributed by atoms with Gasteiger partial charge in [-0.05, 0) is 109 Å². The van der Waals surface area contributed by atoms with Gasteiger partial charge >= 0.3 is 12.1 Å². The Morgan fingerprint density at radius 1 is 0.884 bits per heavy atom. The third-order valence-electron chi connectivity index (χ3n) is 14.5. The van der Waals surface area contributed by atoms with Crippen LogP contribution in [0.3, 0.4) is 0 Å². The molecule has 43 heavy (non-hydrogen) atoms. The number of carbonyl (C=O) groups excluding carboxylic acids is 1. The number of benzene rings is 1. The summed E-state index contributed by atoms with van der Waals surface area (Å²) < 4.78 is 6.18. The van der Waals surface area contributed by atoms with Crippen LogP contribution in [0.5, 0.6) is 0 Å². The van der Waals surface area contributed by atoms with E-state index in [0.29, 0.717) is 18.4 Å². The lowest BCUT2D eigenvalue weighted by Gasteiger charge is -2.71. The van der Waals surface area contributed by atoms with Gasteiger partial charge in [0.15, 0.2) is 0 Å². The first-order valence-electron chi connectivity index (χ1n) is 17.0. The van der Waals surface area contributed by atoms with Gasteiger partial charge in [0, 0.05) is 12.0 Å². The SMILES string of the molecule is CC1(C)CC[C@]2(C(=O)O)CC[C@]3(C)C(=CC[C@@H]4[C@@]5(C)CC[C@H](OC(=O)NCc6ccccc6)C(C)(C)[C@@H]5CC[C@]43C)[C@H]2C1. The molecule has 2 N–H and O–H groups in total. The Hall–Kier alpha value is -2.30. The number of ether oxygens (including phenoxy) is 1. The number of aliphatic carboxylic acids is 1. The molecule has 0 bridgehead atoms. The van der Waals surface area contributed by atoms with Crippen LogP contribution in [0, 0.1) is 50.2 Å². The van der Waals surface area contributed by atoms with Crippen molar-refractivity contribution < 1.29 is 19.4 Å². The molecule has 0 radical (unpaired) electrons. The summed E-state index contributed by atoms with van der Waals surface area (Å²) in [6.07, 6.45) is 12.0. The van der Waals surface area contributed by atoms with E-state index in [9.17, 15) is 14.7 Å². The van der Waals surface area contributed by atoms with Crippen LogP contribution in [0.2, 0.25) is 0 Å². The Balaban J connectivity index is 1.25. The smallest absolute Gasteiger partial charge is 0.407 e. The number of carboxylic acid groups (broad SMARTS) is 1. The van der Waals surface area contributed by atoms with E-state index in [0.717, 1.165) is 69.8 Å². The number of carbonyl (C=O) groups is 2. The van der Waals surface area contributed by atoms with Crippen LogP contribution in [-0.4, -0.2) is 23.3 Å². The van der Waals surface area contributed by atoms with Gasteiger partial charge in [-0.25, -0.2) is 4.79 Å². The first-order chi connectivity index (χ1) is 20.1. The van der Waals surface area contributed by atoms with Crippen molar-refractivity contribution in [1.29, 1.82) is 0 Å². The number of allylic oxidation sites excluding steroid dienone is 2. The summed E-state index contributed by atoms with van der Waals surface area (Å²) in [5.41, 5.74) is 2.32. The molecule has 8 atom stereocenters. The highest BCUT2D eigenvalue weighted by molar-refractivity contribution is 5.76. The van der Waals surface area contributed by atoms with E-state index >= 15 is 0 Å². The average Bonchev–Trinajstić information content (AvgIpc) is 2.94. The van der Waals surface area contributed by atoms with Crippen LogP contribution in [0.4, 0.5) is 4.79 Å². The predicted molar refractivity (Wildman–Crippen MR) is 170 cm³/mol. The third-order valence-corrected chi connectivity index (χ3v) is 14.5. The molecule has 6 rings (SSSR count). The quantitative estimate of drug-likeness (QED) is 0.343. The summed E-state index contributed by atoms with van der Waals surface area (Å²) in [7, 11) is 0. The largest absolute Gasteiger partial charge is 0.481 e. The molecule has 0 aromatic heterocycles. The molecule has 236 valence electrons. The van der Waals surface area contributed by atoms with Crippen LogP contribution in [0.1, 0.15) is 118 Å². The van der Waals surface area contributed by atoms with E-state index in [-0.39, 0.29) is 45.2 Å². The molecule has 0 unspecified atom stereocenters. The summed E-state index contributed by atoms with van der Waals surface area (Å²) in [6.45, 7) is 17.5. The highest BCUT2D eigenvalue weighted by Gasteiger charge is 2.69. The molecule has 5 aliphatic rings. The first-order valence-corrected chi connectivity index (χ1v) is 17.0. The normalized spacial score (nSPS) is 42.6. The predicted octanol–water partition coefficient (Wildman–Crippen LogP) is 9.17. The Labute approximate surface area is 259 Å². The van der Waals surface area contributed by atoms with Gasteiger partial charge in [-0.1, -0.05) is 90.4 Å². The van der Waals surface area contributed by atoms with Crippen molar-refractivity contribution in [3.05, 3.63) is 47.5 Å². The molecule has 4 saturated carbocycles. The summed E-state index contributed by atoms with van der Waals surface area (Å²) in [4.78, 5) is 25.9. The lowest BCUT2D eigenvalue weighted by atomic mass is 9.33. The second kappa shape index (κ2) is 10.1. The van der Waals surface area contributed by atoms with Gasteiger partial charge < -0.3 is 15.2 Å². The Kier molecular flexibility index (Phi) is 7.22. The number of fused-ring (bicyclic) bond motifs is 7. The standard InChI is InChI=1S/C38H55NO4/c1-33(2)19-21-38(31(40)41)22-20-36(6)26(27(38)23-33)13-14-29-35(5)17-16-30(34(3,4)28(35)15-18-37(29,36)7)43-32(42)39-24-25-11-9-8-10-12-25/h8-13,27-30H,14-24H2,1-7H3,(H,39,42)(H,40,41)/t27-,28+,29-,30+,35+,36-,37-,38+/m1/s1. The monoisotopic (exact) mass is 589 g/mol. The number of amides is 1. The van der Waals surface area contributed by atoms with Gasteiger partial charge in [-0.2, -0.15) is 0 Å². The number of hydrogen-bond acceptors (Lipinski definition) is 3. The van der Waals surface area contributed by atoms with Gasteiger partial charge in [0.25, 0.3) is 0 Å². The van der Waals surface area contributed by atoms with Gasteiger partial charge in [0.2, 0.25) is 0 Å². The van der Waals surface area contributed by atoms with Crippen molar-refractivity contribution in [3.8, 4) is 0 Å². The molecule has 1 amide bonds. The minimum Gasteiger partial charge on any atom is -0.481 e. The highest BCUT2D eigenvalue weighted by atomic mass is 16.6. The van der Waals surface area contributed by atoms with Crippen LogP contribution >= 0.6 is 0 Å². The van der Waals surface area contributed by atoms with Gasteiger partial charge in [0.1, 0.15) is 6.10 Å². The second-order valence-electron chi connectivity index (χ2n) is 17.3. The fourth-order valence-corrected chi connectivity index (χ4v) is 11.8. The molecule has 5 heteroatoms. The van der Waals surface area contributed by atoms with Crippen molar-refractivity contribution in [2.24, 2.45) is 50.2 Å². The highest BCUT2D eigenvalue weighted by Crippen LogP contribution is 2.75. The average molecular weight is 590 g/mol. The molecule has 0 aliphatic heterocycles. The lowest BCUT2D eigenvalue weighted by molar-refractivity contribution is -0.205. The van der Waals surface area contributed by atoms with Crippen LogP contribution in [-0.2, 0) is 16.1 Å². The maximum atomic E-state index is 12.9. The first kappa shape index (κ1) is 30.7. The van der Waals surface area contributed by atoms with E-state index in [2.05, 4.69) is 59.9 Å². The molecule has 1 aromatic carbocycles. The van der Waals surface area contributed by atoms with E-state index in [1.807, 2.05) is 30.3 Å². The molecule has 0 saturated heterocycles. The minimum atomic E-state index is -0.594. The van der Waals surface area contributed by atoms with Gasteiger partial charge in [0.05, 0.1) is 5.41 Å². The topological polar surface area (TPSA) is 75.6 Å². The molecular formula is C38H55NO4. The Bertz CT molecular complexity index is 1300. The van der Waals surface area contributed by atoms with Crippen LogP contribution in [0.15, 0.2) is 42.0 Å².